The van der Waals surface area contributed by atoms with Crippen LogP contribution in [-0.2, 0) is 11.0 Å². The number of hydrogen-bond acceptors (Lipinski definition) is 6. The summed E-state index contributed by atoms with van der Waals surface area (Å²) in [5.74, 6) is -0.576. The lowest BCUT2D eigenvalue weighted by molar-refractivity contribution is -0.137. The molecule has 1 amide bonds. The van der Waals surface area contributed by atoms with E-state index in [1.54, 1.807) is 0 Å². The fourth-order valence-electron chi connectivity index (χ4n) is 5.30. The number of nitrogens with one attached hydrogen (secondary N) is 1. The molecule has 2 heterocycles. The van der Waals surface area contributed by atoms with E-state index in [9.17, 15) is 27.9 Å². The second kappa shape index (κ2) is 13.5. The Balaban J connectivity index is 1.10. The number of ketones is 1. The monoisotopic (exact) mass is 546 g/mol. The standard InChI is InChI=1S/C29H37F3N4O3/c30-29(31,32)25-8-4-7-24(18-25)28(39)33-19-26(37)17-22-9-10-35(20-22)14-11-34-12-15-36(16-13-34)21-27(38)23-5-2-1-3-6-23/h1-8,18,22,27,38H,9-17,19-21H2,(H,33,39). The maximum Gasteiger partial charge on any atom is 0.416 e. The van der Waals surface area contributed by atoms with Crippen molar-refractivity contribution in [2.24, 2.45) is 5.92 Å². The molecule has 0 spiro atoms. The van der Waals surface area contributed by atoms with E-state index in [-0.39, 0.29) is 23.8 Å². The van der Waals surface area contributed by atoms with Gasteiger partial charge in [0.05, 0.1) is 18.2 Å². The normalized spacial score (nSPS) is 20.2. The van der Waals surface area contributed by atoms with Crippen molar-refractivity contribution in [3.8, 4) is 0 Å². The van der Waals surface area contributed by atoms with Crippen molar-refractivity contribution in [1.29, 1.82) is 0 Å². The van der Waals surface area contributed by atoms with Crippen molar-refractivity contribution in [3.05, 3.63) is 71.3 Å². The molecule has 0 radical (unpaired) electrons. The van der Waals surface area contributed by atoms with Crippen molar-refractivity contribution in [1.82, 2.24) is 20.0 Å². The van der Waals surface area contributed by atoms with Crippen LogP contribution < -0.4 is 5.32 Å². The van der Waals surface area contributed by atoms with Gasteiger partial charge in [0, 0.05) is 64.3 Å². The van der Waals surface area contributed by atoms with Crippen LogP contribution >= 0.6 is 0 Å². The number of hydrogen-bond donors (Lipinski definition) is 2. The van der Waals surface area contributed by atoms with Gasteiger partial charge in [-0.05, 0) is 42.6 Å². The fraction of sp³-hybridized carbons (Fsp3) is 0.517. The van der Waals surface area contributed by atoms with Crippen LogP contribution in [0, 0.1) is 5.92 Å². The third-order valence-electron chi connectivity index (χ3n) is 7.60. The van der Waals surface area contributed by atoms with Gasteiger partial charge in [0.25, 0.3) is 5.91 Å². The van der Waals surface area contributed by atoms with E-state index in [0.29, 0.717) is 13.0 Å². The second-order valence-corrected chi connectivity index (χ2v) is 10.5. The van der Waals surface area contributed by atoms with Gasteiger partial charge in [-0.3, -0.25) is 19.4 Å². The number of alkyl halides is 3. The predicted octanol–water partition coefficient (Wildman–Crippen LogP) is 3.07. The third kappa shape index (κ3) is 8.86. The van der Waals surface area contributed by atoms with Gasteiger partial charge in [0.15, 0.2) is 5.78 Å². The summed E-state index contributed by atoms with van der Waals surface area (Å²) in [4.78, 5) is 31.8. The molecule has 0 aliphatic carbocycles. The Hall–Kier alpha value is -2.79. The lowest BCUT2D eigenvalue weighted by Gasteiger charge is -2.36. The number of carbonyl (C=O) groups excluding carboxylic acids is 2. The summed E-state index contributed by atoms with van der Waals surface area (Å²) >= 11 is 0. The number of nitrogens with zero attached hydrogens (tertiary/aromatic N) is 3. The Morgan fingerprint density at radius 2 is 1.62 bits per heavy atom. The Morgan fingerprint density at radius 3 is 2.33 bits per heavy atom. The lowest BCUT2D eigenvalue weighted by Crippen LogP contribution is -2.49. The number of Topliss-reactive ketones (excluding diaryl/α,β-unsaturated/α-hetero) is 1. The highest BCUT2D eigenvalue weighted by Gasteiger charge is 2.31. The molecule has 39 heavy (non-hydrogen) atoms. The first kappa shape index (κ1) is 29.2. The number of benzene rings is 2. The lowest BCUT2D eigenvalue weighted by atomic mass is 10.0. The Kier molecular flexibility index (Phi) is 10.1. The molecule has 0 bridgehead atoms. The number of rotatable bonds is 11. The molecule has 7 nitrogen and oxygen atoms in total. The number of β-amino-alcohol motifs (C(OH)–C–C–N with tert-alkyl or cyclic N) is 1. The first-order chi connectivity index (χ1) is 18.7. The molecule has 10 heteroatoms. The first-order valence-electron chi connectivity index (χ1n) is 13.5. The zero-order valence-corrected chi connectivity index (χ0v) is 22.1. The minimum atomic E-state index is -4.53. The SMILES string of the molecule is O=C(CNC(=O)c1cccc(C(F)(F)F)c1)CC1CCN(CCN2CCN(CC(O)c3ccccc3)CC2)C1. The summed E-state index contributed by atoms with van der Waals surface area (Å²) in [7, 11) is 0. The smallest absolute Gasteiger partial charge is 0.387 e. The third-order valence-corrected chi connectivity index (χ3v) is 7.60. The van der Waals surface area contributed by atoms with Crippen molar-refractivity contribution >= 4 is 11.7 Å². The number of aliphatic hydroxyl groups is 1. The van der Waals surface area contributed by atoms with E-state index in [0.717, 1.165) is 76.5 Å². The molecule has 2 fully saturated rings. The summed E-state index contributed by atoms with van der Waals surface area (Å²) in [6, 6.07) is 13.9. The summed E-state index contributed by atoms with van der Waals surface area (Å²) < 4.78 is 38.6. The Morgan fingerprint density at radius 1 is 0.923 bits per heavy atom. The van der Waals surface area contributed by atoms with Gasteiger partial charge in [-0.2, -0.15) is 13.2 Å². The number of piperazine rings is 1. The number of likely N-dealkylation sites (tertiary alicyclic amines) is 1. The molecule has 2 aliphatic rings. The molecule has 2 saturated heterocycles. The van der Waals surface area contributed by atoms with E-state index < -0.39 is 23.8 Å². The molecule has 2 unspecified atom stereocenters. The molecule has 4 rings (SSSR count). The van der Waals surface area contributed by atoms with Crippen molar-refractivity contribution < 1.29 is 27.9 Å². The molecule has 2 atom stereocenters. The van der Waals surface area contributed by atoms with Gasteiger partial charge in [0.1, 0.15) is 0 Å². The van der Waals surface area contributed by atoms with Gasteiger partial charge in [-0.15, -0.1) is 0 Å². The van der Waals surface area contributed by atoms with Crippen molar-refractivity contribution in [2.45, 2.75) is 25.1 Å². The molecular formula is C29H37F3N4O3. The highest BCUT2D eigenvalue weighted by molar-refractivity contribution is 5.96. The molecule has 2 N–H and O–H groups in total. The maximum atomic E-state index is 12.9. The van der Waals surface area contributed by atoms with Crippen LogP contribution in [0.5, 0.6) is 0 Å². The molecule has 0 saturated carbocycles. The highest BCUT2D eigenvalue weighted by Crippen LogP contribution is 2.29. The van der Waals surface area contributed by atoms with Crippen LogP contribution in [0.1, 0.15) is 40.4 Å². The van der Waals surface area contributed by atoms with Crippen LogP contribution in [0.2, 0.25) is 0 Å². The quantitative estimate of drug-likeness (QED) is 0.451. The van der Waals surface area contributed by atoms with Crippen LogP contribution in [0.3, 0.4) is 0 Å². The summed E-state index contributed by atoms with van der Waals surface area (Å²) in [6.45, 7) is 7.88. The molecular weight excluding hydrogens is 509 g/mol. The zero-order chi connectivity index (χ0) is 27.8. The fourth-order valence-corrected chi connectivity index (χ4v) is 5.30. The van der Waals surface area contributed by atoms with Gasteiger partial charge >= 0.3 is 6.18 Å². The van der Waals surface area contributed by atoms with E-state index in [4.69, 9.17) is 0 Å². The first-order valence-corrected chi connectivity index (χ1v) is 13.5. The van der Waals surface area contributed by atoms with Crippen LogP contribution in [0.25, 0.3) is 0 Å². The average molecular weight is 547 g/mol. The van der Waals surface area contributed by atoms with E-state index in [1.165, 1.54) is 12.1 Å². The average Bonchev–Trinajstić information content (AvgIpc) is 3.38. The van der Waals surface area contributed by atoms with Crippen molar-refractivity contribution in [2.75, 3.05) is 65.4 Å². The molecule has 212 valence electrons. The van der Waals surface area contributed by atoms with Crippen molar-refractivity contribution in [3.63, 3.8) is 0 Å². The summed E-state index contributed by atoms with van der Waals surface area (Å²) in [5, 5.41) is 12.9. The van der Waals surface area contributed by atoms with E-state index >= 15 is 0 Å². The Bertz CT molecular complexity index is 1090. The van der Waals surface area contributed by atoms with Gasteiger partial charge in [-0.1, -0.05) is 36.4 Å². The summed E-state index contributed by atoms with van der Waals surface area (Å²) in [6.07, 6.45) is -3.74. The van der Waals surface area contributed by atoms with Gasteiger partial charge in [0.2, 0.25) is 0 Å². The van der Waals surface area contributed by atoms with E-state index in [1.807, 2.05) is 30.3 Å². The number of carbonyl (C=O) groups is 2. The number of amides is 1. The topological polar surface area (TPSA) is 76.1 Å². The number of aliphatic hydroxyl groups excluding tert-OH is 1. The zero-order valence-electron chi connectivity index (χ0n) is 22.1. The van der Waals surface area contributed by atoms with Crippen LogP contribution in [0.15, 0.2) is 54.6 Å². The minimum absolute atomic E-state index is 0.113. The largest absolute Gasteiger partial charge is 0.416 e. The van der Waals surface area contributed by atoms with E-state index in [2.05, 4.69) is 20.0 Å². The second-order valence-electron chi connectivity index (χ2n) is 10.5. The molecule has 2 aliphatic heterocycles. The Labute approximate surface area is 227 Å². The maximum absolute atomic E-state index is 12.9. The van der Waals surface area contributed by atoms with Gasteiger partial charge < -0.3 is 15.3 Å². The predicted molar refractivity (Wildman–Crippen MR) is 142 cm³/mol. The highest BCUT2D eigenvalue weighted by atomic mass is 19.4. The van der Waals surface area contributed by atoms with Gasteiger partial charge in [-0.25, -0.2) is 0 Å². The van der Waals surface area contributed by atoms with Crippen LogP contribution in [0.4, 0.5) is 13.2 Å². The molecule has 2 aromatic carbocycles. The minimum Gasteiger partial charge on any atom is -0.387 e. The molecule has 2 aromatic rings. The molecule has 0 aromatic heterocycles. The summed E-state index contributed by atoms with van der Waals surface area (Å²) in [5.41, 5.74) is -0.0609. The van der Waals surface area contributed by atoms with Crippen LogP contribution in [-0.4, -0.2) is 96.9 Å². The number of halogens is 3.